The Morgan fingerprint density at radius 1 is 1.21 bits per heavy atom. The first-order valence-electron chi connectivity index (χ1n) is 6.99. The number of fused-ring (bicyclic) bond motifs is 1. The van der Waals surface area contributed by atoms with Gasteiger partial charge in [-0.1, -0.05) is 12.1 Å². The zero-order chi connectivity index (χ0) is 12.9. The molecule has 0 saturated carbocycles. The maximum Gasteiger partial charge on any atom is 0.137 e. The monoisotopic (exact) mass is 257 g/mol. The molecule has 0 aliphatic carbocycles. The van der Waals surface area contributed by atoms with Gasteiger partial charge in [0.15, 0.2) is 0 Å². The second-order valence-corrected chi connectivity index (χ2v) is 4.94. The van der Waals surface area contributed by atoms with Crippen LogP contribution in [0, 0.1) is 0 Å². The highest BCUT2D eigenvalue weighted by molar-refractivity contribution is 5.88. The van der Waals surface area contributed by atoms with Gasteiger partial charge in [0.2, 0.25) is 0 Å². The lowest BCUT2D eigenvalue weighted by molar-refractivity contribution is 0.0134. The Morgan fingerprint density at radius 3 is 3.05 bits per heavy atom. The van der Waals surface area contributed by atoms with E-state index in [4.69, 9.17) is 4.74 Å². The standard InChI is InChI=1S/C15H19N3O/c1-2-7-14-13(6-1)15(18-11-17-14)16-9-8-12-5-3-4-10-19-12/h1-2,6-7,11-12H,3-5,8-10H2,(H,16,17,18). The molecule has 100 valence electrons. The molecule has 1 aliphatic heterocycles. The van der Waals surface area contributed by atoms with Gasteiger partial charge in [-0.2, -0.15) is 0 Å². The Labute approximate surface area is 113 Å². The number of para-hydroxylation sites is 1. The van der Waals surface area contributed by atoms with Gasteiger partial charge in [-0.15, -0.1) is 0 Å². The van der Waals surface area contributed by atoms with E-state index in [-0.39, 0.29) is 0 Å². The molecule has 1 N–H and O–H groups in total. The zero-order valence-corrected chi connectivity index (χ0v) is 11.0. The smallest absolute Gasteiger partial charge is 0.137 e. The van der Waals surface area contributed by atoms with Crippen molar-refractivity contribution >= 4 is 16.7 Å². The molecule has 0 amide bonds. The summed E-state index contributed by atoms with van der Waals surface area (Å²) in [4.78, 5) is 8.59. The molecule has 19 heavy (non-hydrogen) atoms. The van der Waals surface area contributed by atoms with Crippen LogP contribution in [0.25, 0.3) is 10.9 Å². The predicted molar refractivity (Wildman–Crippen MR) is 76.2 cm³/mol. The van der Waals surface area contributed by atoms with Crippen LogP contribution in [0.5, 0.6) is 0 Å². The Bertz CT molecular complexity index is 532. The van der Waals surface area contributed by atoms with Gasteiger partial charge in [-0.25, -0.2) is 9.97 Å². The van der Waals surface area contributed by atoms with Crippen molar-refractivity contribution in [3.05, 3.63) is 30.6 Å². The minimum absolute atomic E-state index is 0.411. The molecule has 0 radical (unpaired) electrons. The van der Waals surface area contributed by atoms with Gasteiger partial charge in [0, 0.05) is 18.5 Å². The Hall–Kier alpha value is -1.68. The molecule has 1 unspecified atom stereocenters. The molecular formula is C15H19N3O. The fraction of sp³-hybridized carbons (Fsp3) is 0.467. The average Bonchev–Trinajstić information content (AvgIpc) is 2.49. The van der Waals surface area contributed by atoms with Crippen LogP contribution < -0.4 is 5.32 Å². The number of aromatic nitrogens is 2. The number of nitrogens with zero attached hydrogens (tertiary/aromatic N) is 2. The van der Waals surface area contributed by atoms with Crippen LogP contribution in [-0.2, 0) is 4.74 Å². The molecule has 1 aromatic heterocycles. The van der Waals surface area contributed by atoms with E-state index >= 15 is 0 Å². The molecule has 1 saturated heterocycles. The molecule has 2 heterocycles. The second kappa shape index (κ2) is 5.97. The number of hydrogen-bond acceptors (Lipinski definition) is 4. The summed E-state index contributed by atoms with van der Waals surface area (Å²) in [6.07, 6.45) is 6.75. The van der Waals surface area contributed by atoms with E-state index in [1.54, 1.807) is 6.33 Å². The van der Waals surface area contributed by atoms with Gasteiger partial charge >= 0.3 is 0 Å². The summed E-state index contributed by atoms with van der Waals surface area (Å²) in [6, 6.07) is 8.07. The van der Waals surface area contributed by atoms with Crippen molar-refractivity contribution in [2.75, 3.05) is 18.5 Å². The lowest BCUT2D eigenvalue weighted by atomic mass is 10.1. The Morgan fingerprint density at radius 2 is 2.16 bits per heavy atom. The Kier molecular flexibility index (Phi) is 3.89. The van der Waals surface area contributed by atoms with Crippen molar-refractivity contribution in [2.24, 2.45) is 0 Å². The van der Waals surface area contributed by atoms with Gasteiger partial charge in [-0.05, 0) is 37.8 Å². The first kappa shape index (κ1) is 12.4. The van der Waals surface area contributed by atoms with E-state index < -0.39 is 0 Å². The number of nitrogens with one attached hydrogen (secondary N) is 1. The normalized spacial score (nSPS) is 19.5. The molecule has 4 heteroatoms. The summed E-state index contributed by atoms with van der Waals surface area (Å²) in [5.41, 5.74) is 0.980. The van der Waals surface area contributed by atoms with Crippen molar-refractivity contribution in [1.82, 2.24) is 9.97 Å². The number of benzene rings is 1. The summed E-state index contributed by atoms with van der Waals surface area (Å²) in [5.74, 6) is 0.918. The van der Waals surface area contributed by atoms with E-state index in [1.165, 1.54) is 19.3 Å². The molecule has 4 nitrogen and oxygen atoms in total. The molecule has 1 fully saturated rings. The van der Waals surface area contributed by atoms with Crippen molar-refractivity contribution in [1.29, 1.82) is 0 Å². The van der Waals surface area contributed by atoms with Crippen LogP contribution in [-0.4, -0.2) is 29.2 Å². The van der Waals surface area contributed by atoms with Gasteiger partial charge in [0.25, 0.3) is 0 Å². The van der Waals surface area contributed by atoms with E-state index in [9.17, 15) is 0 Å². The van der Waals surface area contributed by atoms with Crippen molar-refractivity contribution in [3.8, 4) is 0 Å². The average molecular weight is 257 g/mol. The summed E-state index contributed by atoms with van der Waals surface area (Å²) in [7, 11) is 0. The molecule has 1 aromatic carbocycles. The van der Waals surface area contributed by atoms with E-state index in [0.29, 0.717) is 6.10 Å². The molecule has 3 rings (SSSR count). The Balaban J connectivity index is 1.62. The van der Waals surface area contributed by atoms with Crippen molar-refractivity contribution in [3.63, 3.8) is 0 Å². The fourth-order valence-corrected chi connectivity index (χ4v) is 2.53. The largest absolute Gasteiger partial charge is 0.378 e. The lowest BCUT2D eigenvalue weighted by Crippen LogP contribution is -2.22. The molecule has 2 aromatic rings. The molecule has 1 atom stereocenters. The molecule has 1 aliphatic rings. The first-order chi connectivity index (χ1) is 9.43. The zero-order valence-electron chi connectivity index (χ0n) is 11.0. The topological polar surface area (TPSA) is 47.0 Å². The van der Waals surface area contributed by atoms with Gasteiger partial charge < -0.3 is 10.1 Å². The third-order valence-electron chi connectivity index (χ3n) is 3.58. The van der Waals surface area contributed by atoms with Crippen LogP contribution in [0.3, 0.4) is 0 Å². The molecule has 0 spiro atoms. The highest BCUT2D eigenvalue weighted by Crippen LogP contribution is 2.19. The number of hydrogen-bond donors (Lipinski definition) is 1. The fourth-order valence-electron chi connectivity index (χ4n) is 2.53. The number of anilines is 1. The SMILES string of the molecule is c1ccc2c(NCCC3CCCCO3)ncnc2c1. The van der Waals surface area contributed by atoms with E-state index in [2.05, 4.69) is 21.4 Å². The van der Waals surface area contributed by atoms with E-state index in [0.717, 1.165) is 36.3 Å². The first-order valence-corrected chi connectivity index (χ1v) is 6.99. The summed E-state index contributed by atoms with van der Waals surface area (Å²) in [6.45, 7) is 1.81. The van der Waals surface area contributed by atoms with E-state index in [1.807, 2.05) is 18.2 Å². The maximum atomic E-state index is 5.73. The summed E-state index contributed by atoms with van der Waals surface area (Å²) in [5, 5.41) is 4.48. The summed E-state index contributed by atoms with van der Waals surface area (Å²) >= 11 is 0. The van der Waals surface area contributed by atoms with Gasteiger partial charge in [0.05, 0.1) is 11.6 Å². The van der Waals surface area contributed by atoms with Crippen LogP contribution in [0.15, 0.2) is 30.6 Å². The van der Waals surface area contributed by atoms with Crippen molar-refractivity contribution in [2.45, 2.75) is 31.8 Å². The quantitative estimate of drug-likeness (QED) is 0.914. The molecular weight excluding hydrogens is 238 g/mol. The summed E-state index contributed by atoms with van der Waals surface area (Å²) < 4.78 is 5.73. The predicted octanol–water partition coefficient (Wildman–Crippen LogP) is 3.00. The highest BCUT2D eigenvalue weighted by atomic mass is 16.5. The molecule has 0 bridgehead atoms. The highest BCUT2D eigenvalue weighted by Gasteiger charge is 2.13. The van der Waals surface area contributed by atoms with Crippen LogP contribution >= 0.6 is 0 Å². The van der Waals surface area contributed by atoms with Gasteiger partial charge in [-0.3, -0.25) is 0 Å². The third kappa shape index (κ3) is 3.01. The van der Waals surface area contributed by atoms with Gasteiger partial charge in [0.1, 0.15) is 12.1 Å². The number of rotatable bonds is 4. The van der Waals surface area contributed by atoms with Crippen LogP contribution in [0.2, 0.25) is 0 Å². The minimum Gasteiger partial charge on any atom is -0.378 e. The van der Waals surface area contributed by atoms with Crippen molar-refractivity contribution < 1.29 is 4.74 Å². The minimum atomic E-state index is 0.411. The second-order valence-electron chi connectivity index (χ2n) is 4.94. The van der Waals surface area contributed by atoms with Crippen LogP contribution in [0.1, 0.15) is 25.7 Å². The number of ether oxygens (including phenoxy) is 1. The third-order valence-corrected chi connectivity index (χ3v) is 3.58. The van der Waals surface area contributed by atoms with Crippen LogP contribution in [0.4, 0.5) is 5.82 Å². The maximum absolute atomic E-state index is 5.73. The lowest BCUT2D eigenvalue weighted by Gasteiger charge is -2.22.